The molecule has 0 bridgehead atoms. The van der Waals surface area contributed by atoms with E-state index in [1.165, 1.54) is 11.4 Å². The van der Waals surface area contributed by atoms with Gasteiger partial charge in [-0.15, -0.1) is 0 Å². The molecule has 0 spiro atoms. The Morgan fingerprint density at radius 2 is 1.35 bits per heavy atom. The van der Waals surface area contributed by atoms with Gasteiger partial charge in [0.2, 0.25) is 0 Å². The van der Waals surface area contributed by atoms with Crippen LogP contribution in [0.5, 0.6) is 0 Å². The summed E-state index contributed by atoms with van der Waals surface area (Å²) in [5, 5.41) is 0. The van der Waals surface area contributed by atoms with E-state index in [9.17, 15) is 0 Å². The zero-order valence-corrected chi connectivity index (χ0v) is 19.5. The fraction of sp³-hybridized carbons (Fsp3) is 0.824. The van der Waals surface area contributed by atoms with Crippen LogP contribution in [0.4, 0.5) is 0 Å². The standard InChI is InChI=1S/C17H32N2.Ba.2H/c1-10-16(6,7)12-13(17(8,9)11-2)19-14(18-12)15(3,4)5;;;/h10-11H2,1-9H3,(H,18,19);;;/q;+2;2*-1. The normalized spacial score (nSPS) is 13.2. The zero-order valence-electron chi connectivity index (χ0n) is 17.1. The molecule has 0 saturated heterocycles. The first kappa shape index (κ1) is 20.8. The summed E-state index contributed by atoms with van der Waals surface area (Å²) in [5.74, 6) is 1.11. The minimum Gasteiger partial charge on any atom is -1.00 e. The second-order valence-electron chi connectivity index (χ2n) is 8.03. The number of hydrogen-bond donors (Lipinski definition) is 1. The Labute approximate surface area is 169 Å². The Bertz CT molecular complexity index is 413. The number of nitrogens with zero attached hydrogens (tertiary/aromatic N) is 1. The number of nitrogens with one attached hydrogen (secondary N) is 1. The van der Waals surface area contributed by atoms with Crippen LogP contribution in [0.1, 0.15) is 95.2 Å². The molecule has 3 heteroatoms. The molecule has 0 radical (unpaired) electrons. The maximum atomic E-state index is 4.98. The molecule has 0 fully saturated rings. The molecule has 1 heterocycles. The predicted molar refractivity (Wildman–Crippen MR) is 91.9 cm³/mol. The van der Waals surface area contributed by atoms with Crippen molar-refractivity contribution in [2.45, 2.75) is 91.4 Å². The molecular formula is C17H34BaN2. The van der Waals surface area contributed by atoms with Crippen molar-refractivity contribution in [1.29, 1.82) is 0 Å². The van der Waals surface area contributed by atoms with Gasteiger partial charge in [0, 0.05) is 21.9 Å². The van der Waals surface area contributed by atoms with Crippen LogP contribution in [-0.2, 0) is 16.2 Å². The molecular weight excluding hydrogens is 370 g/mol. The molecule has 0 unspecified atom stereocenters. The van der Waals surface area contributed by atoms with Gasteiger partial charge in [0.25, 0.3) is 0 Å². The van der Waals surface area contributed by atoms with Crippen LogP contribution < -0.4 is 0 Å². The van der Waals surface area contributed by atoms with Crippen molar-refractivity contribution in [2.75, 3.05) is 0 Å². The molecule has 1 rings (SSSR count). The van der Waals surface area contributed by atoms with Crippen molar-refractivity contribution in [2.24, 2.45) is 0 Å². The first-order valence-corrected chi connectivity index (χ1v) is 7.57. The van der Waals surface area contributed by atoms with E-state index in [4.69, 9.17) is 4.98 Å². The van der Waals surface area contributed by atoms with E-state index in [0.717, 1.165) is 18.7 Å². The summed E-state index contributed by atoms with van der Waals surface area (Å²) in [6.45, 7) is 20.4. The summed E-state index contributed by atoms with van der Waals surface area (Å²) in [6.07, 6.45) is 2.22. The molecule has 0 aliphatic carbocycles. The summed E-state index contributed by atoms with van der Waals surface area (Å²) in [4.78, 5) is 8.62. The van der Waals surface area contributed by atoms with Gasteiger partial charge in [0.15, 0.2) is 0 Å². The van der Waals surface area contributed by atoms with Crippen LogP contribution in [0.25, 0.3) is 0 Å². The van der Waals surface area contributed by atoms with E-state index in [1.54, 1.807) is 0 Å². The fourth-order valence-electron chi connectivity index (χ4n) is 2.05. The average Bonchev–Trinajstić information content (AvgIpc) is 2.74. The third kappa shape index (κ3) is 4.39. The number of imidazole rings is 1. The maximum Gasteiger partial charge on any atom is 2.00 e. The maximum absolute atomic E-state index is 4.98. The molecule has 0 atom stereocenters. The molecule has 0 aliphatic rings. The van der Waals surface area contributed by atoms with Gasteiger partial charge >= 0.3 is 48.9 Å². The number of aromatic nitrogens is 2. The van der Waals surface area contributed by atoms with Crippen molar-refractivity contribution >= 4 is 48.9 Å². The van der Waals surface area contributed by atoms with Crippen molar-refractivity contribution in [3.8, 4) is 0 Å². The second-order valence-corrected chi connectivity index (χ2v) is 8.03. The molecule has 0 amide bonds. The van der Waals surface area contributed by atoms with Gasteiger partial charge in [0.1, 0.15) is 5.82 Å². The Kier molecular flexibility index (Phi) is 7.18. The van der Waals surface area contributed by atoms with E-state index in [-0.39, 0.29) is 68.0 Å². The summed E-state index contributed by atoms with van der Waals surface area (Å²) in [6, 6.07) is 0. The Hall–Kier alpha value is 0.781. The van der Waals surface area contributed by atoms with E-state index < -0.39 is 0 Å². The fourth-order valence-corrected chi connectivity index (χ4v) is 2.05. The predicted octanol–water partition coefficient (Wildman–Crippen LogP) is 4.93. The summed E-state index contributed by atoms with van der Waals surface area (Å²) in [5.41, 5.74) is 2.93. The van der Waals surface area contributed by atoms with Crippen molar-refractivity contribution in [3.63, 3.8) is 0 Å². The summed E-state index contributed by atoms with van der Waals surface area (Å²) < 4.78 is 0. The smallest absolute Gasteiger partial charge is 1.00 e. The SMILES string of the molecule is CCC(C)(C)c1nc(C(C)(C)C)[nH]c1C(C)(C)CC.[Ba+2].[H-].[H-]. The minimum absolute atomic E-state index is 0. The van der Waals surface area contributed by atoms with Gasteiger partial charge in [-0.1, -0.05) is 62.3 Å². The summed E-state index contributed by atoms with van der Waals surface area (Å²) in [7, 11) is 0. The monoisotopic (exact) mass is 404 g/mol. The Balaban J connectivity index is -0.00000120. The molecule has 2 nitrogen and oxygen atoms in total. The summed E-state index contributed by atoms with van der Waals surface area (Å²) >= 11 is 0. The van der Waals surface area contributed by atoms with E-state index in [0.29, 0.717) is 0 Å². The van der Waals surface area contributed by atoms with Gasteiger partial charge in [-0.3, -0.25) is 0 Å². The van der Waals surface area contributed by atoms with Crippen LogP contribution in [0.2, 0.25) is 0 Å². The number of aromatic amines is 1. The number of H-pyrrole nitrogens is 1. The van der Waals surface area contributed by atoms with Crippen LogP contribution in [-0.4, -0.2) is 58.8 Å². The first-order chi connectivity index (χ1) is 8.45. The molecule has 0 aliphatic heterocycles. The third-order valence-corrected chi connectivity index (χ3v) is 4.50. The van der Waals surface area contributed by atoms with Gasteiger partial charge in [-0.05, 0) is 12.8 Å². The van der Waals surface area contributed by atoms with Crippen molar-refractivity contribution in [3.05, 3.63) is 17.2 Å². The molecule has 1 aromatic heterocycles. The van der Waals surface area contributed by atoms with Crippen LogP contribution in [0, 0.1) is 0 Å². The van der Waals surface area contributed by atoms with E-state index >= 15 is 0 Å². The van der Waals surface area contributed by atoms with Crippen LogP contribution in [0.15, 0.2) is 0 Å². The molecule has 0 aromatic carbocycles. The Morgan fingerprint density at radius 1 is 0.900 bits per heavy atom. The van der Waals surface area contributed by atoms with E-state index in [1.807, 2.05) is 0 Å². The quantitative estimate of drug-likeness (QED) is 0.710. The molecule has 20 heavy (non-hydrogen) atoms. The van der Waals surface area contributed by atoms with Crippen molar-refractivity contribution < 1.29 is 2.85 Å². The van der Waals surface area contributed by atoms with Gasteiger partial charge in [-0.2, -0.15) is 0 Å². The minimum atomic E-state index is 0. The number of rotatable bonds is 4. The van der Waals surface area contributed by atoms with Crippen LogP contribution in [0.3, 0.4) is 0 Å². The average molecular weight is 404 g/mol. The van der Waals surface area contributed by atoms with Gasteiger partial charge in [0.05, 0.1) is 5.69 Å². The second kappa shape index (κ2) is 6.91. The molecule has 1 N–H and O–H groups in total. The molecule has 1 aromatic rings. The van der Waals surface area contributed by atoms with Crippen molar-refractivity contribution in [1.82, 2.24) is 9.97 Å². The topological polar surface area (TPSA) is 28.7 Å². The molecule has 0 saturated carbocycles. The molecule has 114 valence electrons. The number of hydrogen-bond acceptors (Lipinski definition) is 1. The van der Waals surface area contributed by atoms with Gasteiger partial charge in [-0.25, -0.2) is 4.98 Å². The largest absolute Gasteiger partial charge is 2.00 e. The first-order valence-electron chi connectivity index (χ1n) is 7.57. The Morgan fingerprint density at radius 3 is 1.70 bits per heavy atom. The van der Waals surface area contributed by atoms with Crippen LogP contribution >= 0.6 is 0 Å². The van der Waals surface area contributed by atoms with Gasteiger partial charge < -0.3 is 7.84 Å². The van der Waals surface area contributed by atoms with E-state index in [2.05, 4.69) is 67.3 Å². The zero-order chi connectivity index (χ0) is 15.1. The third-order valence-electron chi connectivity index (χ3n) is 4.50.